The molecule has 0 radical (unpaired) electrons. The highest BCUT2D eigenvalue weighted by molar-refractivity contribution is 5.89. The van der Waals surface area contributed by atoms with Gasteiger partial charge in [-0.05, 0) is 41.2 Å². The van der Waals surface area contributed by atoms with Crippen LogP contribution in [0, 0.1) is 0 Å². The smallest absolute Gasteiger partial charge is 0.247 e. The highest BCUT2D eigenvalue weighted by atomic mass is 16.5. The van der Waals surface area contributed by atoms with E-state index in [1.807, 2.05) is 35.2 Å². The number of amides is 1. The molecule has 2 aromatic rings. The lowest BCUT2D eigenvalue weighted by atomic mass is 9.91. The van der Waals surface area contributed by atoms with Crippen molar-refractivity contribution in [3.8, 4) is 5.75 Å². The number of nitrogens with zero attached hydrogens (tertiary/aromatic N) is 1. The average molecular weight is 308 g/mol. The number of benzene rings is 2. The van der Waals surface area contributed by atoms with Crippen LogP contribution in [-0.2, 0) is 29.8 Å². The summed E-state index contributed by atoms with van der Waals surface area (Å²) in [6.45, 7) is 1.29. The largest absolute Gasteiger partial charge is 0.496 e. The standard InChI is InChI=1S/C19H20N2O2/c1-23-17-8-4-7-16-15(17)9-10-19(16,20)18(22)21-11-13-5-2-3-6-14(13)12-21/h2-8H,9-12,20H2,1H3. The molecule has 2 N–H and O–H groups in total. The second kappa shape index (κ2) is 5.10. The minimum atomic E-state index is -0.939. The Bertz CT molecular complexity index is 762. The van der Waals surface area contributed by atoms with Crippen LogP contribution in [0.1, 0.15) is 28.7 Å². The van der Waals surface area contributed by atoms with Gasteiger partial charge in [-0.25, -0.2) is 0 Å². The van der Waals surface area contributed by atoms with Gasteiger partial charge in [0, 0.05) is 13.1 Å². The minimum Gasteiger partial charge on any atom is -0.496 e. The van der Waals surface area contributed by atoms with Gasteiger partial charge in [0.2, 0.25) is 5.91 Å². The van der Waals surface area contributed by atoms with Crippen LogP contribution in [0.3, 0.4) is 0 Å². The average Bonchev–Trinajstić information content (AvgIpc) is 3.16. The molecule has 4 nitrogen and oxygen atoms in total. The maximum Gasteiger partial charge on any atom is 0.247 e. The number of carbonyl (C=O) groups is 1. The third-order valence-electron chi connectivity index (χ3n) is 5.11. The number of carbonyl (C=O) groups excluding carboxylic acids is 1. The molecule has 2 aliphatic rings. The zero-order valence-electron chi connectivity index (χ0n) is 13.2. The Balaban J connectivity index is 1.67. The predicted molar refractivity (Wildman–Crippen MR) is 87.9 cm³/mol. The van der Waals surface area contributed by atoms with Crippen LogP contribution in [0.15, 0.2) is 42.5 Å². The first kappa shape index (κ1) is 14.3. The number of nitrogens with two attached hydrogens (primary N) is 1. The molecule has 1 aliphatic heterocycles. The maximum absolute atomic E-state index is 13.2. The van der Waals surface area contributed by atoms with E-state index in [0.717, 1.165) is 23.3 Å². The summed E-state index contributed by atoms with van der Waals surface area (Å²) in [6.07, 6.45) is 1.41. The van der Waals surface area contributed by atoms with Gasteiger partial charge >= 0.3 is 0 Å². The molecule has 1 atom stereocenters. The normalized spacial score (nSPS) is 21.9. The van der Waals surface area contributed by atoms with Gasteiger partial charge in [-0.1, -0.05) is 36.4 Å². The molecule has 4 rings (SSSR count). The van der Waals surface area contributed by atoms with Crippen LogP contribution in [0.25, 0.3) is 0 Å². The van der Waals surface area contributed by atoms with Gasteiger partial charge in [-0.3, -0.25) is 4.79 Å². The van der Waals surface area contributed by atoms with E-state index < -0.39 is 5.54 Å². The first-order valence-corrected chi connectivity index (χ1v) is 7.95. The summed E-state index contributed by atoms with van der Waals surface area (Å²) in [5.41, 5.74) is 10.1. The van der Waals surface area contributed by atoms with Crippen molar-refractivity contribution in [3.05, 3.63) is 64.7 Å². The van der Waals surface area contributed by atoms with E-state index in [-0.39, 0.29) is 5.91 Å². The van der Waals surface area contributed by atoms with Gasteiger partial charge in [-0.15, -0.1) is 0 Å². The van der Waals surface area contributed by atoms with E-state index in [2.05, 4.69) is 12.1 Å². The van der Waals surface area contributed by atoms with Crippen LogP contribution >= 0.6 is 0 Å². The molecule has 118 valence electrons. The molecule has 23 heavy (non-hydrogen) atoms. The first-order valence-electron chi connectivity index (χ1n) is 7.95. The molecule has 0 bridgehead atoms. The van der Waals surface area contributed by atoms with E-state index in [0.29, 0.717) is 19.5 Å². The van der Waals surface area contributed by atoms with Crippen molar-refractivity contribution < 1.29 is 9.53 Å². The zero-order valence-corrected chi connectivity index (χ0v) is 13.2. The van der Waals surface area contributed by atoms with E-state index in [9.17, 15) is 4.79 Å². The Kier molecular flexibility index (Phi) is 3.16. The molecular weight excluding hydrogens is 288 g/mol. The monoisotopic (exact) mass is 308 g/mol. The van der Waals surface area contributed by atoms with Gasteiger partial charge in [0.05, 0.1) is 7.11 Å². The summed E-state index contributed by atoms with van der Waals surface area (Å²) in [5.74, 6) is 0.841. The van der Waals surface area contributed by atoms with Crippen molar-refractivity contribution in [2.75, 3.05) is 7.11 Å². The summed E-state index contributed by atoms with van der Waals surface area (Å²) in [4.78, 5) is 15.0. The molecule has 0 saturated heterocycles. The van der Waals surface area contributed by atoms with E-state index in [1.165, 1.54) is 11.1 Å². The summed E-state index contributed by atoms with van der Waals surface area (Å²) in [6, 6.07) is 14.0. The van der Waals surface area contributed by atoms with Crippen molar-refractivity contribution >= 4 is 5.91 Å². The van der Waals surface area contributed by atoms with Gasteiger partial charge in [-0.2, -0.15) is 0 Å². The Labute approximate surface area is 135 Å². The van der Waals surface area contributed by atoms with Crippen molar-refractivity contribution in [1.29, 1.82) is 0 Å². The molecule has 0 fully saturated rings. The fourth-order valence-electron chi connectivity index (χ4n) is 3.87. The van der Waals surface area contributed by atoms with Crippen LogP contribution in [0.5, 0.6) is 5.75 Å². The van der Waals surface area contributed by atoms with Crippen LogP contribution in [0.4, 0.5) is 0 Å². The van der Waals surface area contributed by atoms with Gasteiger partial charge in [0.1, 0.15) is 11.3 Å². The molecule has 1 unspecified atom stereocenters. The number of ether oxygens (including phenoxy) is 1. The highest BCUT2D eigenvalue weighted by Gasteiger charge is 2.45. The molecule has 1 heterocycles. The van der Waals surface area contributed by atoms with Crippen LogP contribution in [0.2, 0.25) is 0 Å². The number of methoxy groups -OCH3 is 1. The van der Waals surface area contributed by atoms with E-state index in [1.54, 1.807) is 7.11 Å². The molecule has 1 aliphatic carbocycles. The summed E-state index contributed by atoms with van der Waals surface area (Å²) < 4.78 is 5.43. The summed E-state index contributed by atoms with van der Waals surface area (Å²) >= 11 is 0. The molecule has 4 heteroatoms. The molecule has 0 spiro atoms. The molecule has 2 aromatic carbocycles. The number of rotatable bonds is 2. The van der Waals surface area contributed by atoms with Crippen molar-refractivity contribution in [2.24, 2.45) is 5.73 Å². The third kappa shape index (κ3) is 2.05. The molecule has 0 aromatic heterocycles. The fourth-order valence-corrected chi connectivity index (χ4v) is 3.87. The Morgan fingerprint density at radius 1 is 1.13 bits per heavy atom. The fraction of sp³-hybridized carbons (Fsp3) is 0.316. The Morgan fingerprint density at radius 2 is 1.83 bits per heavy atom. The zero-order chi connectivity index (χ0) is 16.0. The van der Waals surface area contributed by atoms with Gasteiger partial charge in [0.25, 0.3) is 0 Å². The molecular formula is C19H20N2O2. The number of hydrogen-bond donors (Lipinski definition) is 1. The first-order chi connectivity index (χ1) is 11.1. The summed E-state index contributed by atoms with van der Waals surface area (Å²) in [5, 5.41) is 0. The Hall–Kier alpha value is -2.33. The Morgan fingerprint density at radius 3 is 2.48 bits per heavy atom. The molecule has 0 saturated carbocycles. The quantitative estimate of drug-likeness (QED) is 0.926. The number of hydrogen-bond acceptors (Lipinski definition) is 3. The lowest BCUT2D eigenvalue weighted by Gasteiger charge is -2.29. The number of fused-ring (bicyclic) bond motifs is 2. The summed E-state index contributed by atoms with van der Waals surface area (Å²) in [7, 11) is 1.66. The van der Waals surface area contributed by atoms with Gasteiger partial charge in [0.15, 0.2) is 0 Å². The highest BCUT2D eigenvalue weighted by Crippen LogP contribution is 2.41. The van der Waals surface area contributed by atoms with Crippen molar-refractivity contribution in [3.63, 3.8) is 0 Å². The SMILES string of the molecule is COc1cccc2c1CCC2(N)C(=O)N1Cc2ccccc2C1. The van der Waals surface area contributed by atoms with E-state index in [4.69, 9.17) is 10.5 Å². The maximum atomic E-state index is 13.2. The van der Waals surface area contributed by atoms with Crippen molar-refractivity contribution in [2.45, 2.75) is 31.5 Å². The van der Waals surface area contributed by atoms with Gasteiger partial charge < -0.3 is 15.4 Å². The van der Waals surface area contributed by atoms with E-state index >= 15 is 0 Å². The van der Waals surface area contributed by atoms with Crippen LogP contribution in [-0.4, -0.2) is 17.9 Å². The minimum absolute atomic E-state index is 0.0145. The van der Waals surface area contributed by atoms with Crippen LogP contribution < -0.4 is 10.5 Å². The second-order valence-corrected chi connectivity index (χ2v) is 6.39. The topological polar surface area (TPSA) is 55.6 Å². The predicted octanol–water partition coefficient (Wildman–Crippen LogP) is 2.34. The second-order valence-electron chi connectivity index (χ2n) is 6.39. The van der Waals surface area contributed by atoms with Crippen molar-refractivity contribution in [1.82, 2.24) is 4.90 Å². The third-order valence-corrected chi connectivity index (χ3v) is 5.11. The molecule has 1 amide bonds. The lowest BCUT2D eigenvalue weighted by Crippen LogP contribution is -2.50. The lowest BCUT2D eigenvalue weighted by molar-refractivity contribution is -0.138.